The van der Waals surface area contributed by atoms with Crippen molar-refractivity contribution < 1.29 is 4.79 Å². The molecule has 1 saturated heterocycles. The van der Waals surface area contributed by atoms with Gasteiger partial charge in [-0.05, 0) is 45.1 Å². The second kappa shape index (κ2) is 5.85. The molecule has 17 heavy (non-hydrogen) atoms. The summed E-state index contributed by atoms with van der Waals surface area (Å²) in [5.41, 5.74) is 0. The summed E-state index contributed by atoms with van der Waals surface area (Å²) in [6.45, 7) is 6.33. The molecule has 1 amide bonds. The van der Waals surface area contributed by atoms with E-state index in [4.69, 9.17) is 0 Å². The molecule has 1 aliphatic carbocycles. The summed E-state index contributed by atoms with van der Waals surface area (Å²) in [6.07, 6.45) is 6.91. The lowest BCUT2D eigenvalue weighted by Crippen LogP contribution is -2.44. The molecule has 0 radical (unpaired) electrons. The summed E-state index contributed by atoms with van der Waals surface area (Å²) in [7, 11) is 0. The molecule has 1 N–H and O–H groups in total. The van der Waals surface area contributed by atoms with Gasteiger partial charge in [0.2, 0.25) is 5.91 Å². The fourth-order valence-electron chi connectivity index (χ4n) is 2.83. The molecule has 0 spiro atoms. The molecular weight excluding hydrogens is 212 g/mol. The highest BCUT2D eigenvalue weighted by Crippen LogP contribution is 2.30. The first kappa shape index (κ1) is 12.9. The highest BCUT2D eigenvalue weighted by molar-refractivity contribution is 5.79. The van der Waals surface area contributed by atoms with E-state index in [1.165, 1.54) is 25.7 Å². The fraction of sp³-hybridized carbons (Fsp3) is 0.929. The van der Waals surface area contributed by atoms with Crippen LogP contribution >= 0.6 is 0 Å². The summed E-state index contributed by atoms with van der Waals surface area (Å²) in [5, 5.41) is 3.51. The van der Waals surface area contributed by atoms with E-state index in [2.05, 4.69) is 24.1 Å². The summed E-state index contributed by atoms with van der Waals surface area (Å²) in [4.78, 5) is 14.7. The SMILES string of the molecule is CCC(CC)C(=O)N(CC1CCCN1)C1CC1. The van der Waals surface area contributed by atoms with Crippen LogP contribution in [0.25, 0.3) is 0 Å². The van der Waals surface area contributed by atoms with Crippen molar-refractivity contribution in [3.63, 3.8) is 0 Å². The van der Waals surface area contributed by atoms with Crippen molar-refractivity contribution in [2.45, 2.75) is 64.5 Å². The molecule has 1 atom stereocenters. The monoisotopic (exact) mass is 238 g/mol. The van der Waals surface area contributed by atoms with Gasteiger partial charge >= 0.3 is 0 Å². The Labute approximate surface area is 105 Å². The zero-order valence-electron chi connectivity index (χ0n) is 11.2. The summed E-state index contributed by atoms with van der Waals surface area (Å²) < 4.78 is 0. The predicted octanol–water partition coefficient (Wildman–Crippen LogP) is 2.17. The highest BCUT2D eigenvalue weighted by Gasteiger charge is 2.36. The zero-order chi connectivity index (χ0) is 12.3. The van der Waals surface area contributed by atoms with Crippen LogP contribution in [0.2, 0.25) is 0 Å². The molecule has 2 fully saturated rings. The van der Waals surface area contributed by atoms with Crippen LogP contribution in [0.1, 0.15) is 52.4 Å². The largest absolute Gasteiger partial charge is 0.338 e. The van der Waals surface area contributed by atoms with Gasteiger partial charge in [0.25, 0.3) is 0 Å². The first-order valence-electron chi connectivity index (χ1n) is 7.30. The standard InChI is InChI=1S/C14H26N2O/c1-3-11(4-2)14(17)16(13-7-8-13)10-12-6-5-9-15-12/h11-13,15H,3-10H2,1-2H3. The number of amides is 1. The van der Waals surface area contributed by atoms with Crippen molar-refractivity contribution in [2.24, 2.45) is 5.92 Å². The fourth-order valence-corrected chi connectivity index (χ4v) is 2.83. The quantitative estimate of drug-likeness (QED) is 0.769. The van der Waals surface area contributed by atoms with E-state index in [0.29, 0.717) is 18.0 Å². The molecule has 0 aromatic rings. The van der Waals surface area contributed by atoms with E-state index < -0.39 is 0 Å². The van der Waals surface area contributed by atoms with Gasteiger partial charge in [-0.15, -0.1) is 0 Å². The van der Waals surface area contributed by atoms with Crippen LogP contribution in [0, 0.1) is 5.92 Å². The number of hydrogen-bond acceptors (Lipinski definition) is 2. The van der Waals surface area contributed by atoms with Gasteiger partial charge in [0.1, 0.15) is 0 Å². The highest BCUT2D eigenvalue weighted by atomic mass is 16.2. The number of nitrogens with zero attached hydrogens (tertiary/aromatic N) is 1. The van der Waals surface area contributed by atoms with Gasteiger partial charge in [0.05, 0.1) is 0 Å². The lowest BCUT2D eigenvalue weighted by molar-refractivity contribution is -0.136. The molecule has 2 aliphatic rings. The lowest BCUT2D eigenvalue weighted by atomic mass is 10.0. The van der Waals surface area contributed by atoms with Crippen molar-refractivity contribution in [2.75, 3.05) is 13.1 Å². The Balaban J connectivity index is 1.93. The van der Waals surface area contributed by atoms with Gasteiger partial charge in [-0.25, -0.2) is 0 Å². The Bertz CT molecular complexity index is 253. The lowest BCUT2D eigenvalue weighted by Gasteiger charge is -2.29. The van der Waals surface area contributed by atoms with Crippen molar-refractivity contribution in [1.29, 1.82) is 0 Å². The first-order chi connectivity index (χ1) is 8.26. The van der Waals surface area contributed by atoms with Gasteiger partial charge < -0.3 is 10.2 Å². The average Bonchev–Trinajstić information content (AvgIpc) is 3.05. The maximum atomic E-state index is 12.5. The van der Waals surface area contributed by atoms with Crippen molar-refractivity contribution >= 4 is 5.91 Å². The number of rotatable bonds is 6. The molecule has 2 rings (SSSR count). The number of nitrogens with one attached hydrogen (secondary N) is 1. The molecule has 3 heteroatoms. The normalized spacial score (nSPS) is 24.3. The van der Waals surface area contributed by atoms with Crippen molar-refractivity contribution in [1.82, 2.24) is 10.2 Å². The third-order valence-electron chi connectivity index (χ3n) is 4.19. The predicted molar refractivity (Wildman–Crippen MR) is 69.8 cm³/mol. The molecule has 0 aromatic heterocycles. The van der Waals surface area contributed by atoms with Gasteiger partial charge in [-0.2, -0.15) is 0 Å². The Morgan fingerprint density at radius 1 is 1.29 bits per heavy atom. The Hall–Kier alpha value is -0.570. The van der Waals surface area contributed by atoms with E-state index in [-0.39, 0.29) is 5.92 Å². The number of hydrogen-bond donors (Lipinski definition) is 1. The van der Waals surface area contributed by atoms with Gasteiger partial charge in [-0.1, -0.05) is 13.8 Å². The zero-order valence-corrected chi connectivity index (χ0v) is 11.2. The number of carbonyl (C=O) groups is 1. The van der Waals surface area contributed by atoms with Crippen LogP contribution in [-0.2, 0) is 4.79 Å². The van der Waals surface area contributed by atoms with E-state index in [9.17, 15) is 4.79 Å². The average molecular weight is 238 g/mol. The third-order valence-corrected chi connectivity index (χ3v) is 4.19. The molecule has 1 aliphatic heterocycles. The van der Waals surface area contributed by atoms with Gasteiger partial charge in [0.15, 0.2) is 0 Å². The molecule has 0 aromatic carbocycles. The second-order valence-corrected chi connectivity index (χ2v) is 5.53. The summed E-state index contributed by atoms with van der Waals surface area (Å²) in [6, 6.07) is 1.11. The van der Waals surface area contributed by atoms with Crippen LogP contribution in [0.3, 0.4) is 0 Å². The minimum Gasteiger partial charge on any atom is -0.338 e. The molecule has 1 heterocycles. The molecule has 98 valence electrons. The Morgan fingerprint density at radius 3 is 2.47 bits per heavy atom. The molecule has 3 nitrogen and oxygen atoms in total. The van der Waals surface area contributed by atoms with E-state index >= 15 is 0 Å². The maximum Gasteiger partial charge on any atom is 0.225 e. The third kappa shape index (κ3) is 3.21. The first-order valence-corrected chi connectivity index (χ1v) is 7.30. The van der Waals surface area contributed by atoms with E-state index in [1.54, 1.807) is 0 Å². The minimum atomic E-state index is 0.247. The number of carbonyl (C=O) groups excluding carboxylic acids is 1. The van der Waals surface area contributed by atoms with E-state index in [0.717, 1.165) is 25.9 Å². The Kier molecular flexibility index (Phi) is 4.43. The van der Waals surface area contributed by atoms with Crippen LogP contribution < -0.4 is 5.32 Å². The molecular formula is C14H26N2O. The second-order valence-electron chi connectivity index (χ2n) is 5.53. The maximum absolute atomic E-state index is 12.5. The van der Waals surface area contributed by atoms with Crippen LogP contribution in [0.15, 0.2) is 0 Å². The molecule has 1 unspecified atom stereocenters. The van der Waals surface area contributed by atoms with Crippen LogP contribution in [-0.4, -0.2) is 36.0 Å². The molecule has 0 bridgehead atoms. The van der Waals surface area contributed by atoms with Crippen LogP contribution in [0.4, 0.5) is 0 Å². The van der Waals surface area contributed by atoms with Crippen molar-refractivity contribution in [3.05, 3.63) is 0 Å². The molecule has 1 saturated carbocycles. The topological polar surface area (TPSA) is 32.3 Å². The summed E-state index contributed by atoms with van der Waals surface area (Å²) in [5.74, 6) is 0.656. The van der Waals surface area contributed by atoms with Gasteiger partial charge in [-0.3, -0.25) is 4.79 Å². The van der Waals surface area contributed by atoms with Crippen LogP contribution in [0.5, 0.6) is 0 Å². The Morgan fingerprint density at radius 2 is 2.00 bits per heavy atom. The van der Waals surface area contributed by atoms with E-state index in [1.807, 2.05) is 0 Å². The smallest absolute Gasteiger partial charge is 0.225 e. The van der Waals surface area contributed by atoms with Crippen molar-refractivity contribution in [3.8, 4) is 0 Å². The minimum absolute atomic E-state index is 0.247. The summed E-state index contributed by atoms with van der Waals surface area (Å²) >= 11 is 0. The van der Waals surface area contributed by atoms with Gasteiger partial charge in [0, 0.05) is 24.5 Å².